The number of likely N-dealkylation sites (N-methyl/N-ethyl adjacent to an activating group) is 1. The van der Waals surface area contributed by atoms with Gasteiger partial charge < -0.3 is 4.90 Å². The van der Waals surface area contributed by atoms with Gasteiger partial charge in [-0.3, -0.25) is 4.79 Å². The molecule has 0 bridgehead atoms. The van der Waals surface area contributed by atoms with Crippen LogP contribution < -0.4 is 0 Å². The van der Waals surface area contributed by atoms with Crippen molar-refractivity contribution in [2.45, 2.75) is 19.4 Å². The lowest BCUT2D eigenvalue weighted by Gasteiger charge is -2.24. The number of nitriles is 1. The molecule has 0 N–H and O–H groups in total. The summed E-state index contributed by atoms with van der Waals surface area (Å²) < 4.78 is 0. The summed E-state index contributed by atoms with van der Waals surface area (Å²) >= 11 is 1.69. The third-order valence-electron chi connectivity index (χ3n) is 3.17. The molecule has 2 rings (SSSR count). The van der Waals surface area contributed by atoms with E-state index in [1.165, 1.54) is 11.1 Å². The SMILES string of the molecule is CC(Cc1cccs1)N(C)C(=O)c1ccc(C#N)cn1. The average Bonchev–Trinajstić information content (AvgIpc) is 2.98. The number of carbonyl (C=O) groups is 1. The molecular formula is C15H15N3OS. The lowest BCUT2D eigenvalue weighted by Crippen LogP contribution is -2.36. The van der Waals surface area contributed by atoms with Crippen LogP contribution in [0.15, 0.2) is 35.8 Å². The topological polar surface area (TPSA) is 57.0 Å². The first kappa shape index (κ1) is 14.2. The highest BCUT2D eigenvalue weighted by Crippen LogP contribution is 2.14. The molecule has 2 aromatic rings. The van der Waals surface area contributed by atoms with Crippen LogP contribution in [-0.2, 0) is 6.42 Å². The van der Waals surface area contributed by atoms with Gasteiger partial charge in [-0.25, -0.2) is 4.98 Å². The Balaban J connectivity index is 2.05. The Bertz CT molecular complexity index is 614. The van der Waals surface area contributed by atoms with E-state index in [4.69, 9.17) is 5.26 Å². The van der Waals surface area contributed by atoms with Gasteiger partial charge in [-0.1, -0.05) is 6.07 Å². The molecule has 1 unspecified atom stereocenters. The van der Waals surface area contributed by atoms with Crippen LogP contribution in [0.4, 0.5) is 0 Å². The van der Waals surface area contributed by atoms with Crippen LogP contribution in [0.5, 0.6) is 0 Å². The van der Waals surface area contributed by atoms with Crippen molar-refractivity contribution in [1.82, 2.24) is 9.88 Å². The minimum Gasteiger partial charge on any atom is -0.337 e. The van der Waals surface area contributed by atoms with Gasteiger partial charge in [0.25, 0.3) is 5.91 Å². The maximum atomic E-state index is 12.3. The molecule has 20 heavy (non-hydrogen) atoms. The highest BCUT2D eigenvalue weighted by atomic mass is 32.1. The minimum absolute atomic E-state index is 0.0959. The first-order valence-corrected chi connectivity index (χ1v) is 7.15. The largest absolute Gasteiger partial charge is 0.337 e. The molecule has 0 spiro atoms. The van der Waals surface area contributed by atoms with Crippen molar-refractivity contribution in [3.05, 3.63) is 52.0 Å². The van der Waals surface area contributed by atoms with E-state index in [9.17, 15) is 4.79 Å². The molecule has 2 aromatic heterocycles. The number of thiophene rings is 1. The van der Waals surface area contributed by atoms with E-state index in [-0.39, 0.29) is 11.9 Å². The Labute approximate surface area is 122 Å². The summed E-state index contributed by atoms with van der Waals surface area (Å²) in [5.41, 5.74) is 0.820. The van der Waals surface area contributed by atoms with Gasteiger partial charge in [-0.15, -0.1) is 11.3 Å². The molecule has 0 aromatic carbocycles. The van der Waals surface area contributed by atoms with Crippen molar-refractivity contribution >= 4 is 17.2 Å². The van der Waals surface area contributed by atoms with Crippen LogP contribution in [0.2, 0.25) is 0 Å². The van der Waals surface area contributed by atoms with Crippen molar-refractivity contribution in [3.8, 4) is 6.07 Å². The highest BCUT2D eigenvalue weighted by Gasteiger charge is 2.19. The zero-order valence-electron chi connectivity index (χ0n) is 11.4. The quantitative estimate of drug-likeness (QED) is 0.868. The van der Waals surface area contributed by atoms with Crippen LogP contribution in [0.3, 0.4) is 0 Å². The van der Waals surface area contributed by atoms with E-state index in [0.717, 1.165) is 6.42 Å². The summed E-state index contributed by atoms with van der Waals surface area (Å²) in [6.07, 6.45) is 2.25. The molecule has 0 aliphatic heterocycles. The second kappa shape index (κ2) is 6.31. The Hall–Kier alpha value is -2.19. The average molecular weight is 285 g/mol. The van der Waals surface area contributed by atoms with Gasteiger partial charge in [0.2, 0.25) is 0 Å². The van der Waals surface area contributed by atoms with Gasteiger partial charge in [0.05, 0.1) is 5.56 Å². The number of hydrogen-bond donors (Lipinski definition) is 0. The molecule has 1 amide bonds. The molecule has 1 atom stereocenters. The number of nitrogens with zero attached hydrogens (tertiary/aromatic N) is 3. The number of aromatic nitrogens is 1. The molecule has 0 fully saturated rings. The van der Waals surface area contributed by atoms with E-state index in [1.54, 1.807) is 35.4 Å². The summed E-state index contributed by atoms with van der Waals surface area (Å²) in [5.74, 6) is -0.126. The first-order chi connectivity index (χ1) is 9.61. The third-order valence-corrected chi connectivity index (χ3v) is 4.07. The lowest BCUT2D eigenvalue weighted by atomic mass is 10.1. The predicted octanol–water partition coefficient (Wildman–Crippen LogP) is 2.72. The van der Waals surface area contributed by atoms with Crippen molar-refractivity contribution in [2.75, 3.05) is 7.05 Å². The second-order valence-electron chi connectivity index (χ2n) is 4.59. The number of pyridine rings is 1. The highest BCUT2D eigenvalue weighted by molar-refractivity contribution is 7.09. The molecule has 0 aliphatic carbocycles. The molecule has 0 saturated heterocycles. The maximum Gasteiger partial charge on any atom is 0.272 e. The smallest absolute Gasteiger partial charge is 0.272 e. The third kappa shape index (κ3) is 3.22. The number of hydrogen-bond acceptors (Lipinski definition) is 4. The Morgan fingerprint density at radius 3 is 2.85 bits per heavy atom. The van der Waals surface area contributed by atoms with Crippen LogP contribution >= 0.6 is 11.3 Å². The minimum atomic E-state index is -0.126. The number of carbonyl (C=O) groups excluding carboxylic acids is 1. The zero-order chi connectivity index (χ0) is 14.5. The van der Waals surface area contributed by atoms with E-state index in [0.29, 0.717) is 11.3 Å². The summed E-state index contributed by atoms with van der Waals surface area (Å²) in [5, 5.41) is 10.8. The summed E-state index contributed by atoms with van der Waals surface area (Å²) in [4.78, 5) is 19.3. The lowest BCUT2D eigenvalue weighted by molar-refractivity contribution is 0.0738. The Morgan fingerprint density at radius 1 is 1.50 bits per heavy atom. The first-order valence-electron chi connectivity index (χ1n) is 6.27. The number of amides is 1. The summed E-state index contributed by atoms with van der Waals surface area (Å²) in [7, 11) is 1.78. The van der Waals surface area contributed by atoms with E-state index in [2.05, 4.69) is 11.1 Å². The van der Waals surface area contributed by atoms with Gasteiger partial charge in [-0.05, 0) is 30.5 Å². The van der Waals surface area contributed by atoms with Gasteiger partial charge in [-0.2, -0.15) is 5.26 Å². The van der Waals surface area contributed by atoms with Gasteiger partial charge in [0.1, 0.15) is 11.8 Å². The Morgan fingerprint density at radius 2 is 2.30 bits per heavy atom. The fourth-order valence-electron chi connectivity index (χ4n) is 1.82. The van der Waals surface area contributed by atoms with E-state index in [1.807, 2.05) is 24.4 Å². The number of rotatable bonds is 4. The molecule has 0 radical (unpaired) electrons. The molecule has 4 nitrogen and oxygen atoms in total. The van der Waals surface area contributed by atoms with E-state index >= 15 is 0 Å². The van der Waals surface area contributed by atoms with Crippen LogP contribution in [0.1, 0.15) is 27.9 Å². The van der Waals surface area contributed by atoms with Crippen molar-refractivity contribution in [2.24, 2.45) is 0 Å². The zero-order valence-corrected chi connectivity index (χ0v) is 12.2. The van der Waals surface area contributed by atoms with E-state index < -0.39 is 0 Å². The van der Waals surface area contributed by atoms with Gasteiger partial charge >= 0.3 is 0 Å². The van der Waals surface area contributed by atoms with Crippen molar-refractivity contribution in [1.29, 1.82) is 5.26 Å². The maximum absolute atomic E-state index is 12.3. The molecule has 0 saturated carbocycles. The van der Waals surface area contributed by atoms with Crippen molar-refractivity contribution in [3.63, 3.8) is 0 Å². The molecule has 0 aliphatic rings. The van der Waals surface area contributed by atoms with Crippen LogP contribution in [0.25, 0.3) is 0 Å². The fraction of sp³-hybridized carbons (Fsp3) is 0.267. The standard InChI is InChI=1S/C15H15N3OS/c1-11(8-13-4-3-7-20-13)18(2)15(19)14-6-5-12(9-16)10-17-14/h3-7,10-11H,8H2,1-2H3. The van der Waals surface area contributed by atoms with Gasteiger partial charge in [0.15, 0.2) is 0 Å². The summed E-state index contributed by atoms with van der Waals surface area (Å²) in [6.45, 7) is 2.02. The molecular weight excluding hydrogens is 270 g/mol. The summed E-state index contributed by atoms with van der Waals surface area (Å²) in [6, 6.07) is 9.37. The van der Waals surface area contributed by atoms with Crippen molar-refractivity contribution < 1.29 is 4.79 Å². The predicted molar refractivity (Wildman–Crippen MR) is 78.5 cm³/mol. The Kier molecular flexibility index (Phi) is 4.49. The molecule has 5 heteroatoms. The normalized spacial score (nSPS) is 11.7. The monoisotopic (exact) mass is 285 g/mol. The fourth-order valence-corrected chi connectivity index (χ4v) is 2.65. The molecule has 2 heterocycles. The molecule has 102 valence electrons. The second-order valence-corrected chi connectivity index (χ2v) is 5.62. The van der Waals surface area contributed by atoms with Crippen LogP contribution in [0, 0.1) is 11.3 Å². The van der Waals surface area contributed by atoms with Crippen LogP contribution in [-0.4, -0.2) is 28.9 Å². The van der Waals surface area contributed by atoms with Gasteiger partial charge in [0, 0.05) is 30.6 Å².